The van der Waals surface area contributed by atoms with Gasteiger partial charge in [0.15, 0.2) is 0 Å². The van der Waals surface area contributed by atoms with Gasteiger partial charge in [0.25, 0.3) is 5.69 Å². The Balaban J connectivity index is 2.36. The molecule has 1 unspecified atom stereocenters. The smallest absolute Gasteiger partial charge is 0.274 e. The van der Waals surface area contributed by atoms with Gasteiger partial charge in [-0.15, -0.1) is 0 Å². The average molecular weight is 234 g/mol. The van der Waals surface area contributed by atoms with Crippen LogP contribution in [-0.4, -0.2) is 22.4 Å². The molecule has 0 amide bonds. The van der Waals surface area contributed by atoms with E-state index in [0.717, 1.165) is 24.9 Å². The molecule has 1 saturated heterocycles. The lowest BCUT2D eigenvalue weighted by Crippen LogP contribution is -2.30. The molecule has 92 valence electrons. The summed E-state index contributed by atoms with van der Waals surface area (Å²) in [5.41, 5.74) is 1.12. The van der Waals surface area contributed by atoms with Crippen LogP contribution in [0.25, 0.3) is 0 Å². The summed E-state index contributed by atoms with van der Waals surface area (Å²) in [7, 11) is 0. The minimum absolute atomic E-state index is 0.205. The Morgan fingerprint density at radius 1 is 1.41 bits per heavy atom. The van der Waals surface area contributed by atoms with Gasteiger partial charge in [-0.2, -0.15) is 0 Å². The number of likely N-dealkylation sites (tertiary alicyclic amines) is 1. The Bertz CT molecular complexity index is 418. The minimum atomic E-state index is -0.272. The van der Waals surface area contributed by atoms with E-state index in [9.17, 15) is 10.1 Å². The number of nitro benzene ring substituents is 1. The standard InChI is InChI=1S/C13H18N2O2/c1-10(2)14-9-5-8-12(14)11-6-3-4-7-13(11)15(16)17/h3-4,6-7,10,12H,5,8-9H2,1-2H3. The Morgan fingerprint density at radius 2 is 2.12 bits per heavy atom. The lowest BCUT2D eigenvalue weighted by Gasteiger charge is -2.28. The van der Waals surface area contributed by atoms with Crippen molar-refractivity contribution in [3.05, 3.63) is 39.9 Å². The van der Waals surface area contributed by atoms with Gasteiger partial charge in [0.05, 0.1) is 4.92 Å². The van der Waals surface area contributed by atoms with Crippen LogP contribution in [0.2, 0.25) is 0 Å². The van der Waals surface area contributed by atoms with E-state index in [-0.39, 0.29) is 16.7 Å². The maximum atomic E-state index is 11.0. The molecule has 0 N–H and O–H groups in total. The summed E-state index contributed by atoms with van der Waals surface area (Å²) >= 11 is 0. The number of rotatable bonds is 3. The van der Waals surface area contributed by atoms with Gasteiger partial charge in [-0.05, 0) is 33.2 Å². The first-order chi connectivity index (χ1) is 8.11. The first-order valence-electron chi connectivity index (χ1n) is 6.10. The molecule has 4 nitrogen and oxygen atoms in total. The van der Waals surface area contributed by atoms with Crippen LogP contribution < -0.4 is 0 Å². The average Bonchev–Trinajstić information content (AvgIpc) is 2.77. The largest absolute Gasteiger partial charge is 0.294 e. The van der Waals surface area contributed by atoms with E-state index in [1.165, 1.54) is 0 Å². The summed E-state index contributed by atoms with van der Waals surface area (Å²) in [6, 6.07) is 7.75. The summed E-state index contributed by atoms with van der Waals surface area (Å²) in [4.78, 5) is 13.1. The predicted octanol–water partition coefficient (Wildman–Crippen LogP) is 3.14. The Labute approximate surface area is 101 Å². The van der Waals surface area contributed by atoms with Crippen molar-refractivity contribution in [3.8, 4) is 0 Å². The van der Waals surface area contributed by atoms with Crippen molar-refractivity contribution < 1.29 is 4.92 Å². The van der Waals surface area contributed by atoms with E-state index in [1.807, 2.05) is 12.1 Å². The molecule has 1 heterocycles. The van der Waals surface area contributed by atoms with Crippen LogP contribution in [-0.2, 0) is 0 Å². The maximum absolute atomic E-state index is 11.0. The summed E-state index contributed by atoms with van der Waals surface area (Å²) in [6.45, 7) is 5.33. The summed E-state index contributed by atoms with van der Waals surface area (Å²) in [5, 5.41) is 11.0. The molecule has 1 atom stereocenters. The zero-order chi connectivity index (χ0) is 12.4. The van der Waals surface area contributed by atoms with Gasteiger partial charge in [-0.1, -0.05) is 18.2 Å². The van der Waals surface area contributed by atoms with Crippen molar-refractivity contribution in [1.29, 1.82) is 0 Å². The quantitative estimate of drug-likeness (QED) is 0.596. The summed E-state index contributed by atoms with van der Waals surface area (Å²) < 4.78 is 0. The second-order valence-corrected chi connectivity index (χ2v) is 4.81. The van der Waals surface area contributed by atoms with Crippen molar-refractivity contribution in [3.63, 3.8) is 0 Å². The highest BCUT2D eigenvalue weighted by atomic mass is 16.6. The third-order valence-electron chi connectivity index (χ3n) is 3.45. The molecule has 1 fully saturated rings. The number of nitro groups is 1. The van der Waals surface area contributed by atoms with Crippen molar-refractivity contribution in [2.75, 3.05) is 6.54 Å². The number of para-hydroxylation sites is 1. The third kappa shape index (κ3) is 2.31. The molecule has 1 aliphatic heterocycles. The number of hydrogen-bond acceptors (Lipinski definition) is 3. The topological polar surface area (TPSA) is 46.4 Å². The second kappa shape index (κ2) is 4.84. The molecule has 0 spiro atoms. The number of hydrogen-bond donors (Lipinski definition) is 0. The van der Waals surface area contributed by atoms with Gasteiger partial charge < -0.3 is 0 Å². The van der Waals surface area contributed by atoms with Crippen LogP contribution in [0.15, 0.2) is 24.3 Å². The normalized spacial score (nSPS) is 21.0. The molecule has 1 aromatic carbocycles. The highest BCUT2D eigenvalue weighted by Gasteiger charge is 2.31. The molecule has 0 aromatic heterocycles. The van der Waals surface area contributed by atoms with Crippen molar-refractivity contribution >= 4 is 5.69 Å². The Kier molecular flexibility index (Phi) is 3.43. The van der Waals surface area contributed by atoms with Crippen LogP contribution in [0.1, 0.15) is 38.3 Å². The Hall–Kier alpha value is -1.42. The van der Waals surface area contributed by atoms with E-state index in [0.29, 0.717) is 6.04 Å². The molecule has 17 heavy (non-hydrogen) atoms. The van der Waals surface area contributed by atoms with Crippen molar-refractivity contribution in [2.45, 2.75) is 38.8 Å². The van der Waals surface area contributed by atoms with Gasteiger partial charge in [0, 0.05) is 23.7 Å². The van der Waals surface area contributed by atoms with Crippen LogP contribution in [0.3, 0.4) is 0 Å². The molecule has 1 aromatic rings. The molecular weight excluding hydrogens is 216 g/mol. The molecule has 0 bridgehead atoms. The van der Waals surface area contributed by atoms with Crippen LogP contribution in [0, 0.1) is 10.1 Å². The second-order valence-electron chi connectivity index (χ2n) is 4.81. The Morgan fingerprint density at radius 3 is 2.76 bits per heavy atom. The monoisotopic (exact) mass is 234 g/mol. The molecular formula is C13H18N2O2. The van der Waals surface area contributed by atoms with E-state index in [4.69, 9.17) is 0 Å². The summed E-state index contributed by atoms with van der Waals surface area (Å²) in [5.74, 6) is 0. The number of nitrogens with zero attached hydrogens (tertiary/aromatic N) is 2. The fourth-order valence-electron chi connectivity index (χ4n) is 2.68. The predicted molar refractivity (Wildman–Crippen MR) is 66.9 cm³/mol. The van der Waals surface area contributed by atoms with Gasteiger partial charge in [0.1, 0.15) is 0 Å². The zero-order valence-corrected chi connectivity index (χ0v) is 10.3. The van der Waals surface area contributed by atoms with E-state index >= 15 is 0 Å². The fraction of sp³-hybridized carbons (Fsp3) is 0.538. The first-order valence-corrected chi connectivity index (χ1v) is 6.10. The third-order valence-corrected chi connectivity index (χ3v) is 3.45. The first kappa shape index (κ1) is 12.0. The number of benzene rings is 1. The highest BCUT2D eigenvalue weighted by Crippen LogP contribution is 2.37. The van der Waals surface area contributed by atoms with E-state index in [1.54, 1.807) is 12.1 Å². The van der Waals surface area contributed by atoms with Gasteiger partial charge in [-0.25, -0.2) is 0 Å². The minimum Gasteiger partial charge on any atom is -0.294 e. The zero-order valence-electron chi connectivity index (χ0n) is 10.3. The van der Waals surface area contributed by atoms with Crippen molar-refractivity contribution in [1.82, 2.24) is 4.90 Å². The van der Waals surface area contributed by atoms with Gasteiger partial charge >= 0.3 is 0 Å². The summed E-state index contributed by atoms with van der Waals surface area (Å²) in [6.07, 6.45) is 2.14. The highest BCUT2D eigenvalue weighted by molar-refractivity contribution is 5.42. The van der Waals surface area contributed by atoms with Gasteiger partial charge in [-0.3, -0.25) is 15.0 Å². The van der Waals surface area contributed by atoms with E-state index < -0.39 is 0 Å². The molecule has 0 radical (unpaired) electrons. The molecule has 1 aliphatic rings. The molecule has 0 aliphatic carbocycles. The SMILES string of the molecule is CC(C)N1CCCC1c1ccccc1[N+](=O)[O-]. The van der Waals surface area contributed by atoms with Crippen LogP contribution in [0.5, 0.6) is 0 Å². The van der Waals surface area contributed by atoms with Crippen LogP contribution in [0.4, 0.5) is 5.69 Å². The van der Waals surface area contributed by atoms with Crippen LogP contribution >= 0.6 is 0 Å². The van der Waals surface area contributed by atoms with Gasteiger partial charge in [0.2, 0.25) is 0 Å². The lowest BCUT2D eigenvalue weighted by atomic mass is 10.0. The van der Waals surface area contributed by atoms with E-state index in [2.05, 4.69) is 18.7 Å². The lowest BCUT2D eigenvalue weighted by molar-refractivity contribution is -0.386. The molecule has 0 saturated carbocycles. The molecule has 4 heteroatoms. The fourth-order valence-corrected chi connectivity index (χ4v) is 2.68. The maximum Gasteiger partial charge on any atom is 0.274 e. The van der Waals surface area contributed by atoms with Crippen molar-refractivity contribution in [2.24, 2.45) is 0 Å². The molecule has 2 rings (SSSR count).